The third kappa shape index (κ3) is 3.98. The van der Waals surface area contributed by atoms with Crippen LogP contribution in [0.1, 0.15) is 30.1 Å². The molecule has 0 aromatic heterocycles. The molecule has 1 aliphatic heterocycles. The monoisotopic (exact) mass is 326 g/mol. The average Bonchev–Trinajstić information content (AvgIpc) is 3.05. The molecule has 122 valence electrons. The van der Waals surface area contributed by atoms with Gasteiger partial charge in [0.25, 0.3) is 5.91 Å². The molecule has 1 heterocycles. The SMILES string of the molecule is CCS(=O)(=O)N(C)c1cccc(C(=O)NC[C@H]2CCCO2)c1. The second-order valence-electron chi connectivity index (χ2n) is 5.26. The summed E-state index contributed by atoms with van der Waals surface area (Å²) in [5.41, 5.74) is 0.917. The minimum Gasteiger partial charge on any atom is -0.376 e. The first kappa shape index (κ1) is 16.8. The van der Waals surface area contributed by atoms with Gasteiger partial charge < -0.3 is 10.1 Å². The molecule has 0 bridgehead atoms. The summed E-state index contributed by atoms with van der Waals surface area (Å²) in [4.78, 5) is 12.2. The van der Waals surface area contributed by atoms with Gasteiger partial charge in [0.2, 0.25) is 10.0 Å². The first-order valence-electron chi connectivity index (χ1n) is 7.40. The molecule has 1 saturated heterocycles. The van der Waals surface area contributed by atoms with E-state index in [0.717, 1.165) is 19.4 Å². The predicted molar refractivity (Wildman–Crippen MR) is 85.6 cm³/mol. The van der Waals surface area contributed by atoms with Gasteiger partial charge in [-0.25, -0.2) is 8.42 Å². The maximum absolute atomic E-state index is 12.2. The van der Waals surface area contributed by atoms with E-state index in [1.807, 2.05) is 0 Å². The van der Waals surface area contributed by atoms with Crippen LogP contribution in [-0.2, 0) is 14.8 Å². The molecule has 1 atom stereocenters. The minimum absolute atomic E-state index is 0.0128. The molecule has 1 N–H and O–H groups in total. The summed E-state index contributed by atoms with van der Waals surface area (Å²) in [5.74, 6) is -0.210. The van der Waals surface area contributed by atoms with Crippen molar-refractivity contribution >= 4 is 21.6 Å². The van der Waals surface area contributed by atoms with Crippen molar-refractivity contribution in [2.24, 2.45) is 0 Å². The molecule has 1 aromatic rings. The highest BCUT2D eigenvalue weighted by atomic mass is 32.2. The lowest BCUT2D eigenvalue weighted by atomic mass is 10.2. The fraction of sp³-hybridized carbons (Fsp3) is 0.533. The summed E-state index contributed by atoms with van der Waals surface area (Å²) in [6.45, 7) is 2.81. The summed E-state index contributed by atoms with van der Waals surface area (Å²) < 4.78 is 30.4. The number of hydrogen-bond donors (Lipinski definition) is 1. The first-order valence-corrected chi connectivity index (χ1v) is 9.01. The molecule has 0 aliphatic carbocycles. The van der Waals surface area contributed by atoms with Crippen molar-refractivity contribution in [3.63, 3.8) is 0 Å². The van der Waals surface area contributed by atoms with Crippen LogP contribution in [0.25, 0.3) is 0 Å². The van der Waals surface area contributed by atoms with Crippen molar-refractivity contribution in [2.75, 3.05) is 30.3 Å². The Balaban J connectivity index is 2.05. The molecule has 0 spiro atoms. The van der Waals surface area contributed by atoms with Gasteiger partial charge >= 0.3 is 0 Å². The maximum Gasteiger partial charge on any atom is 0.251 e. The minimum atomic E-state index is -3.34. The van der Waals surface area contributed by atoms with E-state index in [0.29, 0.717) is 17.8 Å². The molecule has 0 saturated carbocycles. The lowest BCUT2D eigenvalue weighted by Crippen LogP contribution is -2.32. The van der Waals surface area contributed by atoms with Crippen LogP contribution in [0.3, 0.4) is 0 Å². The van der Waals surface area contributed by atoms with Crippen LogP contribution in [-0.4, -0.2) is 46.4 Å². The molecular weight excluding hydrogens is 304 g/mol. The zero-order valence-electron chi connectivity index (χ0n) is 12.9. The van der Waals surface area contributed by atoms with Gasteiger partial charge in [0, 0.05) is 25.8 Å². The number of sulfonamides is 1. The molecule has 0 unspecified atom stereocenters. The number of carbonyl (C=O) groups excluding carboxylic acids is 1. The zero-order valence-corrected chi connectivity index (χ0v) is 13.7. The van der Waals surface area contributed by atoms with Crippen molar-refractivity contribution in [3.05, 3.63) is 29.8 Å². The topological polar surface area (TPSA) is 75.7 Å². The lowest BCUT2D eigenvalue weighted by Gasteiger charge is -2.19. The molecule has 1 fully saturated rings. The van der Waals surface area contributed by atoms with Gasteiger partial charge in [-0.2, -0.15) is 0 Å². The van der Waals surface area contributed by atoms with Crippen LogP contribution < -0.4 is 9.62 Å². The molecular formula is C15H22N2O4S. The van der Waals surface area contributed by atoms with Crippen LogP contribution in [0.4, 0.5) is 5.69 Å². The third-order valence-corrected chi connectivity index (χ3v) is 5.54. The molecule has 1 amide bonds. The summed E-state index contributed by atoms with van der Waals surface area (Å²) >= 11 is 0. The highest BCUT2D eigenvalue weighted by Gasteiger charge is 2.19. The van der Waals surface area contributed by atoms with E-state index in [1.54, 1.807) is 31.2 Å². The largest absolute Gasteiger partial charge is 0.376 e. The quantitative estimate of drug-likeness (QED) is 0.857. The Morgan fingerprint density at radius 1 is 1.45 bits per heavy atom. The Labute approximate surface area is 131 Å². The van der Waals surface area contributed by atoms with Crippen LogP contribution in [0.2, 0.25) is 0 Å². The van der Waals surface area contributed by atoms with E-state index >= 15 is 0 Å². The molecule has 2 rings (SSSR count). The Hall–Kier alpha value is -1.60. The molecule has 1 aromatic carbocycles. The second kappa shape index (κ2) is 7.11. The molecule has 0 radical (unpaired) electrons. The Morgan fingerprint density at radius 2 is 2.23 bits per heavy atom. The Morgan fingerprint density at radius 3 is 2.86 bits per heavy atom. The zero-order chi connectivity index (χ0) is 16.2. The molecule has 22 heavy (non-hydrogen) atoms. The fourth-order valence-corrected chi connectivity index (χ4v) is 3.13. The van der Waals surface area contributed by atoms with Crippen molar-refractivity contribution in [1.29, 1.82) is 0 Å². The van der Waals surface area contributed by atoms with Gasteiger partial charge in [-0.1, -0.05) is 6.07 Å². The highest BCUT2D eigenvalue weighted by molar-refractivity contribution is 7.92. The number of hydrogen-bond acceptors (Lipinski definition) is 4. The van der Waals surface area contributed by atoms with E-state index in [9.17, 15) is 13.2 Å². The first-order chi connectivity index (χ1) is 10.4. The number of nitrogens with one attached hydrogen (secondary N) is 1. The van der Waals surface area contributed by atoms with E-state index in [-0.39, 0.29) is 17.8 Å². The summed E-state index contributed by atoms with van der Waals surface area (Å²) in [6, 6.07) is 6.60. The molecule has 7 heteroatoms. The smallest absolute Gasteiger partial charge is 0.251 e. The summed E-state index contributed by atoms with van der Waals surface area (Å²) in [6.07, 6.45) is 2.06. The number of benzene rings is 1. The van der Waals surface area contributed by atoms with Crippen LogP contribution in [0.5, 0.6) is 0 Å². The number of ether oxygens (including phenoxy) is 1. The number of amides is 1. The van der Waals surface area contributed by atoms with E-state index in [1.165, 1.54) is 11.4 Å². The Bertz CT molecular complexity index is 624. The van der Waals surface area contributed by atoms with Crippen LogP contribution >= 0.6 is 0 Å². The van der Waals surface area contributed by atoms with Crippen molar-refractivity contribution in [3.8, 4) is 0 Å². The lowest BCUT2D eigenvalue weighted by molar-refractivity contribution is 0.0858. The van der Waals surface area contributed by atoms with Crippen molar-refractivity contribution < 1.29 is 17.9 Å². The van der Waals surface area contributed by atoms with Crippen LogP contribution in [0, 0.1) is 0 Å². The number of nitrogens with zero attached hydrogens (tertiary/aromatic N) is 1. The van der Waals surface area contributed by atoms with Gasteiger partial charge in [-0.15, -0.1) is 0 Å². The number of anilines is 1. The number of rotatable bonds is 6. The van der Waals surface area contributed by atoms with Gasteiger partial charge in [0.15, 0.2) is 0 Å². The van der Waals surface area contributed by atoms with Gasteiger partial charge in [-0.05, 0) is 38.0 Å². The molecule has 1 aliphatic rings. The van der Waals surface area contributed by atoms with E-state index < -0.39 is 10.0 Å². The van der Waals surface area contributed by atoms with Crippen LogP contribution in [0.15, 0.2) is 24.3 Å². The maximum atomic E-state index is 12.2. The highest BCUT2D eigenvalue weighted by Crippen LogP contribution is 2.18. The third-order valence-electron chi connectivity index (χ3n) is 3.77. The predicted octanol–water partition coefficient (Wildman–Crippen LogP) is 1.38. The van der Waals surface area contributed by atoms with E-state index in [4.69, 9.17) is 4.74 Å². The number of carbonyl (C=O) groups is 1. The second-order valence-corrected chi connectivity index (χ2v) is 7.55. The van der Waals surface area contributed by atoms with Crippen molar-refractivity contribution in [1.82, 2.24) is 5.32 Å². The standard InChI is InChI=1S/C15H22N2O4S/c1-3-22(19,20)17(2)13-7-4-6-12(10-13)15(18)16-11-14-8-5-9-21-14/h4,6-7,10,14H,3,5,8-9,11H2,1-2H3,(H,16,18)/t14-/m1/s1. The van der Waals surface area contributed by atoms with Gasteiger partial charge in [-0.3, -0.25) is 9.10 Å². The summed E-state index contributed by atoms with van der Waals surface area (Å²) in [7, 11) is -1.85. The Kier molecular flexibility index (Phi) is 5.42. The van der Waals surface area contributed by atoms with Gasteiger partial charge in [0.1, 0.15) is 0 Å². The normalized spacial score (nSPS) is 18.2. The van der Waals surface area contributed by atoms with E-state index in [2.05, 4.69) is 5.32 Å². The van der Waals surface area contributed by atoms with Gasteiger partial charge in [0.05, 0.1) is 17.5 Å². The molecule has 6 nitrogen and oxygen atoms in total. The summed E-state index contributed by atoms with van der Waals surface area (Å²) in [5, 5.41) is 2.83. The average molecular weight is 326 g/mol. The fourth-order valence-electron chi connectivity index (χ4n) is 2.31. The van der Waals surface area contributed by atoms with Crippen molar-refractivity contribution in [2.45, 2.75) is 25.9 Å².